The second-order valence-corrected chi connectivity index (χ2v) is 4.94. The zero-order chi connectivity index (χ0) is 13.1. The number of nitrogens with one attached hydrogen (secondary N) is 1. The summed E-state index contributed by atoms with van der Waals surface area (Å²) in [4.78, 5) is 35.5. The molecular formula is C13H11NO4. The van der Waals surface area contributed by atoms with Gasteiger partial charge in [-0.2, -0.15) is 0 Å². The number of carboxylic acids is 1. The van der Waals surface area contributed by atoms with Gasteiger partial charge in [-0.1, -0.05) is 19.1 Å². The molecule has 5 heteroatoms. The largest absolute Gasteiger partial charge is 0.481 e. The Morgan fingerprint density at radius 3 is 2.67 bits per heavy atom. The fraction of sp³-hybridized carbons (Fsp3) is 0.308. The number of para-hydroxylation sites is 1. The average molecular weight is 245 g/mol. The molecule has 3 atom stereocenters. The summed E-state index contributed by atoms with van der Waals surface area (Å²) in [6.07, 6.45) is 0. The molecule has 1 aromatic carbocycles. The summed E-state index contributed by atoms with van der Waals surface area (Å²) < 4.78 is 0. The topological polar surface area (TPSA) is 83.5 Å². The van der Waals surface area contributed by atoms with Crippen LogP contribution in [0.1, 0.15) is 17.3 Å². The van der Waals surface area contributed by atoms with Crippen LogP contribution in [0.25, 0.3) is 0 Å². The van der Waals surface area contributed by atoms with Gasteiger partial charge in [0.25, 0.3) is 0 Å². The van der Waals surface area contributed by atoms with Gasteiger partial charge >= 0.3 is 5.97 Å². The molecule has 0 radical (unpaired) electrons. The zero-order valence-corrected chi connectivity index (χ0v) is 9.64. The van der Waals surface area contributed by atoms with Gasteiger partial charge in [0.2, 0.25) is 5.91 Å². The molecule has 1 aromatic rings. The van der Waals surface area contributed by atoms with E-state index in [9.17, 15) is 14.4 Å². The molecule has 0 aromatic heterocycles. The minimum absolute atomic E-state index is 0.270. The number of hydrogen-bond acceptors (Lipinski definition) is 3. The lowest BCUT2D eigenvalue weighted by Gasteiger charge is -2.10. The molecule has 18 heavy (non-hydrogen) atoms. The van der Waals surface area contributed by atoms with Gasteiger partial charge < -0.3 is 10.4 Å². The fourth-order valence-corrected chi connectivity index (χ4v) is 2.91. The van der Waals surface area contributed by atoms with Crippen LogP contribution < -0.4 is 5.32 Å². The van der Waals surface area contributed by atoms with Crippen LogP contribution in [0.4, 0.5) is 5.69 Å². The van der Waals surface area contributed by atoms with E-state index in [1.54, 1.807) is 31.2 Å². The second-order valence-electron chi connectivity index (χ2n) is 4.94. The average Bonchev–Trinajstić information content (AvgIpc) is 2.97. The maximum absolute atomic E-state index is 12.4. The van der Waals surface area contributed by atoms with E-state index in [0.29, 0.717) is 11.3 Å². The van der Waals surface area contributed by atoms with Crippen LogP contribution in [0.15, 0.2) is 24.3 Å². The molecule has 1 aliphatic heterocycles. The van der Waals surface area contributed by atoms with Crippen molar-refractivity contribution in [3.8, 4) is 0 Å². The van der Waals surface area contributed by atoms with Crippen LogP contribution in [0.5, 0.6) is 0 Å². The summed E-state index contributed by atoms with van der Waals surface area (Å²) in [6, 6.07) is 6.68. The number of anilines is 1. The van der Waals surface area contributed by atoms with Crippen LogP contribution in [-0.2, 0) is 9.59 Å². The summed E-state index contributed by atoms with van der Waals surface area (Å²) in [7, 11) is 0. The van der Waals surface area contributed by atoms with Gasteiger partial charge in [0.1, 0.15) is 0 Å². The lowest BCUT2D eigenvalue weighted by molar-refractivity contribution is -0.140. The minimum Gasteiger partial charge on any atom is -0.481 e. The Kier molecular flexibility index (Phi) is 1.94. The number of carbonyl (C=O) groups is 3. The normalized spacial score (nSPS) is 32.9. The van der Waals surface area contributed by atoms with Crippen molar-refractivity contribution in [2.75, 3.05) is 5.32 Å². The van der Waals surface area contributed by atoms with Crippen molar-refractivity contribution in [2.45, 2.75) is 6.92 Å². The number of amides is 1. The Morgan fingerprint density at radius 1 is 1.33 bits per heavy atom. The van der Waals surface area contributed by atoms with E-state index in [0.717, 1.165) is 0 Å². The Balaban J connectivity index is 2.15. The number of fused-ring (bicyclic) bond motifs is 2. The number of ketones is 1. The SMILES string of the molecule is C[C@]12C(=O)c3ccccc3NC(=O)[C@H]1[C@H]2C(=O)O. The number of hydrogen-bond donors (Lipinski definition) is 2. The molecule has 1 fully saturated rings. The van der Waals surface area contributed by atoms with Crippen molar-refractivity contribution >= 4 is 23.3 Å². The van der Waals surface area contributed by atoms with E-state index >= 15 is 0 Å². The van der Waals surface area contributed by atoms with Gasteiger partial charge in [0.15, 0.2) is 5.78 Å². The van der Waals surface area contributed by atoms with Crippen molar-refractivity contribution < 1.29 is 19.5 Å². The van der Waals surface area contributed by atoms with Gasteiger partial charge in [-0.3, -0.25) is 14.4 Å². The van der Waals surface area contributed by atoms with Gasteiger partial charge in [-0.05, 0) is 12.1 Å². The third-order valence-corrected chi connectivity index (χ3v) is 3.98. The summed E-state index contributed by atoms with van der Waals surface area (Å²) in [5.41, 5.74) is -0.257. The molecular weight excluding hydrogens is 234 g/mol. The van der Waals surface area contributed by atoms with E-state index in [1.807, 2.05) is 0 Å². The number of aliphatic carboxylic acids is 1. The number of carboxylic acid groups (broad SMARTS) is 1. The van der Waals surface area contributed by atoms with Gasteiger partial charge in [0, 0.05) is 5.56 Å². The molecule has 0 spiro atoms. The molecule has 1 amide bonds. The third kappa shape index (κ3) is 1.13. The van der Waals surface area contributed by atoms with Crippen LogP contribution in [0, 0.1) is 17.3 Å². The first-order valence-corrected chi connectivity index (χ1v) is 5.65. The van der Waals surface area contributed by atoms with E-state index in [-0.39, 0.29) is 11.7 Å². The Hall–Kier alpha value is -2.17. The highest BCUT2D eigenvalue weighted by Crippen LogP contribution is 2.62. The Labute approximate surface area is 103 Å². The van der Waals surface area contributed by atoms with Crippen LogP contribution in [0.3, 0.4) is 0 Å². The number of benzene rings is 1. The molecule has 2 aliphatic rings. The van der Waals surface area contributed by atoms with Gasteiger partial charge in [-0.25, -0.2) is 0 Å². The number of rotatable bonds is 1. The Morgan fingerprint density at radius 2 is 2.00 bits per heavy atom. The zero-order valence-electron chi connectivity index (χ0n) is 9.64. The van der Waals surface area contributed by atoms with E-state index < -0.39 is 23.2 Å². The maximum atomic E-state index is 12.4. The summed E-state index contributed by atoms with van der Waals surface area (Å²) in [6.45, 7) is 1.56. The third-order valence-electron chi connectivity index (χ3n) is 3.98. The molecule has 3 rings (SSSR count). The first kappa shape index (κ1) is 11.0. The molecule has 1 heterocycles. The van der Waals surface area contributed by atoms with E-state index in [2.05, 4.69) is 5.32 Å². The maximum Gasteiger partial charge on any atom is 0.308 e. The number of Topliss-reactive ketones (excluding diaryl/α,β-unsaturated/α-hetero) is 1. The number of carbonyl (C=O) groups excluding carboxylic acids is 2. The van der Waals surface area contributed by atoms with Gasteiger partial charge in [-0.15, -0.1) is 0 Å². The molecule has 92 valence electrons. The lowest BCUT2D eigenvalue weighted by Crippen LogP contribution is -2.18. The second kappa shape index (κ2) is 3.19. The lowest BCUT2D eigenvalue weighted by atomic mass is 9.92. The summed E-state index contributed by atoms with van der Waals surface area (Å²) >= 11 is 0. The van der Waals surface area contributed by atoms with Crippen molar-refractivity contribution in [1.29, 1.82) is 0 Å². The van der Waals surface area contributed by atoms with Crippen molar-refractivity contribution in [3.63, 3.8) is 0 Å². The quantitative estimate of drug-likeness (QED) is 0.777. The molecule has 1 aliphatic carbocycles. The summed E-state index contributed by atoms with van der Waals surface area (Å²) in [5, 5.41) is 11.7. The van der Waals surface area contributed by atoms with Crippen molar-refractivity contribution in [3.05, 3.63) is 29.8 Å². The predicted octanol–water partition coefficient (Wildman–Crippen LogP) is 1.16. The van der Waals surface area contributed by atoms with Crippen molar-refractivity contribution in [1.82, 2.24) is 0 Å². The van der Waals surface area contributed by atoms with Crippen LogP contribution in [-0.4, -0.2) is 22.8 Å². The molecule has 0 bridgehead atoms. The Bertz CT molecular complexity index is 594. The monoisotopic (exact) mass is 245 g/mol. The van der Waals surface area contributed by atoms with Crippen molar-refractivity contribution in [2.24, 2.45) is 17.3 Å². The summed E-state index contributed by atoms with van der Waals surface area (Å²) in [5.74, 6) is -3.43. The highest BCUT2D eigenvalue weighted by molar-refractivity contribution is 6.19. The highest BCUT2D eigenvalue weighted by atomic mass is 16.4. The van der Waals surface area contributed by atoms with Crippen LogP contribution in [0.2, 0.25) is 0 Å². The standard InChI is InChI=1S/C13H11NO4/c1-13-8(9(13)12(17)18)11(16)14-7-5-3-2-4-6(7)10(13)15/h2-5,8-9H,1H3,(H,14,16)(H,17,18)/t8-,9+,13+/m1/s1. The molecule has 0 saturated heterocycles. The molecule has 5 nitrogen and oxygen atoms in total. The molecule has 2 N–H and O–H groups in total. The predicted molar refractivity (Wildman–Crippen MR) is 62.1 cm³/mol. The van der Waals surface area contributed by atoms with Gasteiger partial charge in [0.05, 0.1) is 22.9 Å². The minimum atomic E-state index is -1.11. The highest BCUT2D eigenvalue weighted by Gasteiger charge is 2.73. The van der Waals surface area contributed by atoms with E-state index in [1.165, 1.54) is 0 Å². The molecule has 1 saturated carbocycles. The molecule has 0 unspecified atom stereocenters. The van der Waals surface area contributed by atoms with Crippen LogP contribution >= 0.6 is 0 Å². The smallest absolute Gasteiger partial charge is 0.308 e. The first-order valence-electron chi connectivity index (χ1n) is 5.65. The van der Waals surface area contributed by atoms with E-state index in [4.69, 9.17) is 5.11 Å². The first-order chi connectivity index (χ1) is 8.48. The fourth-order valence-electron chi connectivity index (χ4n) is 2.91.